The van der Waals surface area contributed by atoms with Crippen LogP contribution in [0.2, 0.25) is 0 Å². The number of rotatable bonds is 1. The third kappa shape index (κ3) is 4.32. The lowest BCUT2D eigenvalue weighted by Gasteiger charge is -2.39. The fourth-order valence-electron chi connectivity index (χ4n) is 5.95. The zero-order valence-electron chi connectivity index (χ0n) is 24.1. The minimum absolute atomic E-state index is 0.0107. The molecule has 0 radical (unpaired) electrons. The highest BCUT2D eigenvalue weighted by molar-refractivity contribution is 6.16. The number of hydrogen-bond acceptors (Lipinski definition) is 0. The fraction of sp³-hybridized carbons (Fsp3) is 0.471. The Hall–Kier alpha value is -2.54. The summed E-state index contributed by atoms with van der Waals surface area (Å²) in [5.41, 5.74) is 11.0. The molecule has 1 N–H and O–H groups in total. The van der Waals surface area contributed by atoms with Crippen molar-refractivity contribution in [2.45, 2.75) is 105 Å². The van der Waals surface area contributed by atoms with Crippen LogP contribution in [0.4, 0.5) is 0 Å². The number of hydrogen-bond donors (Lipinski definition) is 1. The minimum atomic E-state index is -0.0217. The van der Waals surface area contributed by atoms with E-state index in [1.165, 1.54) is 55.2 Å². The summed E-state index contributed by atoms with van der Waals surface area (Å²) < 4.78 is 0. The first kappa shape index (κ1) is 25.5. The van der Waals surface area contributed by atoms with Gasteiger partial charge in [0, 0.05) is 21.9 Å². The number of nitrogens with one attached hydrogen (secondary N) is 1. The van der Waals surface area contributed by atoms with E-state index in [1.807, 2.05) is 0 Å². The van der Waals surface area contributed by atoms with Gasteiger partial charge in [0.1, 0.15) is 0 Å². The van der Waals surface area contributed by atoms with Crippen molar-refractivity contribution in [2.24, 2.45) is 0 Å². The molecule has 0 saturated heterocycles. The summed E-state index contributed by atoms with van der Waals surface area (Å²) >= 11 is 0. The number of H-pyrrole nitrogens is 1. The van der Waals surface area contributed by atoms with E-state index in [-0.39, 0.29) is 21.7 Å². The smallest absolute Gasteiger partial charge is 0.0550 e. The average Bonchev–Trinajstić information content (AvgIpc) is 3.08. The van der Waals surface area contributed by atoms with Crippen molar-refractivity contribution < 1.29 is 0 Å². The summed E-state index contributed by atoms with van der Waals surface area (Å²) in [6, 6.07) is 17.8. The molecule has 4 rings (SSSR count). The van der Waals surface area contributed by atoms with Crippen molar-refractivity contribution in [3.8, 4) is 11.1 Å². The molecular weight excluding hydrogens is 422 g/mol. The maximum Gasteiger partial charge on any atom is 0.0550 e. The molecule has 1 heteroatoms. The number of fused-ring (bicyclic) bond motifs is 3. The van der Waals surface area contributed by atoms with Crippen LogP contribution in [0.15, 0.2) is 48.5 Å². The van der Waals surface area contributed by atoms with Gasteiger partial charge in [-0.25, -0.2) is 0 Å². The van der Waals surface area contributed by atoms with Crippen LogP contribution in [0, 0.1) is 0 Å². The number of aromatic nitrogens is 1. The van der Waals surface area contributed by atoms with Crippen LogP contribution < -0.4 is 0 Å². The Morgan fingerprint density at radius 3 is 1.51 bits per heavy atom. The van der Waals surface area contributed by atoms with Crippen molar-refractivity contribution in [1.82, 2.24) is 4.98 Å². The SMILES string of the molecule is CC(C)(C)c1c(C(C)(C)C)c(C(C)(C)C)c2c([nH]c3cccc(C(C)(C)C)c32)c1-c1ccccc1. The number of aromatic amines is 1. The molecular formula is C34H45N. The largest absolute Gasteiger partial charge is 0.354 e. The molecule has 0 unspecified atom stereocenters. The van der Waals surface area contributed by atoms with Crippen LogP contribution in [-0.4, -0.2) is 4.98 Å². The summed E-state index contributed by atoms with van der Waals surface area (Å²) in [6.07, 6.45) is 0. The Morgan fingerprint density at radius 2 is 1.03 bits per heavy atom. The maximum atomic E-state index is 3.96. The van der Waals surface area contributed by atoms with E-state index in [0.717, 1.165) is 0 Å². The van der Waals surface area contributed by atoms with Crippen LogP contribution in [0.5, 0.6) is 0 Å². The highest BCUT2D eigenvalue weighted by Gasteiger charge is 2.38. The third-order valence-corrected chi connectivity index (χ3v) is 7.19. The Morgan fingerprint density at radius 1 is 0.486 bits per heavy atom. The minimum Gasteiger partial charge on any atom is -0.354 e. The van der Waals surface area contributed by atoms with Crippen LogP contribution in [0.3, 0.4) is 0 Å². The second-order valence-corrected chi connectivity index (χ2v) is 14.5. The average molecular weight is 468 g/mol. The molecule has 0 aliphatic heterocycles. The van der Waals surface area contributed by atoms with E-state index in [4.69, 9.17) is 0 Å². The second-order valence-electron chi connectivity index (χ2n) is 14.5. The van der Waals surface area contributed by atoms with Crippen LogP contribution in [-0.2, 0) is 21.7 Å². The van der Waals surface area contributed by atoms with Crippen molar-refractivity contribution in [3.05, 3.63) is 70.8 Å². The molecule has 0 spiro atoms. The molecule has 186 valence electrons. The third-order valence-electron chi connectivity index (χ3n) is 7.19. The van der Waals surface area contributed by atoms with Crippen LogP contribution in [0.25, 0.3) is 32.9 Å². The van der Waals surface area contributed by atoms with Gasteiger partial charge in [0.2, 0.25) is 0 Å². The van der Waals surface area contributed by atoms with E-state index in [1.54, 1.807) is 0 Å². The Kier molecular flexibility index (Phi) is 5.83. The van der Waals surface area contributed by atoms with E-state index >= 15 is 0 Å². The lowest BCUT2D eigenvalue weighted by atomic mass is 9.65. The first-order valence-electron chi connectivity index (χ1n) is 13.2. The van der Waals surface area contributed by atoms with Crippen molar-refractivity contribution in [2.75, 3.05) is 0 Å². The Balaban J connectivity index is 2.48. The standard InChI is InChI=1S/C34H45N/c1-31(2,3)22-19-16-20-23-25(22)26-28(33(7,8)9)29(34(10,11)12)27(32(4,5)6)24(30(26)35-23)21-17-14-13-15-18-21/h13-20,35H,1-12H3. The first-order chi connectivity index (χ1) is 15.9. The molecule has 1 aromatic heterocycles. The highest BCUT2D eigenvalue weighted by Crippen LogP contribution is 2.52. The number of benzene rings is 3. The Bertz CT molecular complexity index is 1390. The van der Waals surface area contributed by atoms with Crippen molar-refractivity contribution in [3.63, 3.8) is 0 Å². The molecule has 0 aliphatic carbocycles. The topological polar surface area (TPSA) is 15.8 Å². The molecule has 0 saturated carbocycles. The van der Waals surface area contributed by atoms with Gasteiger partial charge in [-0.1, -0.05) is 126 Å². The van der Waals surface area contributed by atoms with Gasteiger partial charge in [0.05, 0.1) is 5.52 Å². The first-order valence-corrected chi connectivity index (χ1v) is 13.2. The molecule has 0 amide bonds. The fourth-order valence-corrected chi connectivity index (χ4v) is 5.95. The van der Waals surface area contributed by atoms with Crippen LogP contribution >= 0.6 is 0 Å². The zero-order valence-corrected chi connectivity index (χ0v) is 24.1. The summed E-state index contributed by atoms with van der Waals surface area (Å²) in [6.45, 7) is 28.5. The lowest BCUT2D eigenvalue weighted by molar-refractivity contribution is 0.502. The molecule has 1 heterocycles. The van der Waals surface area contributed by atoms with Crippen molar-refractivity contribution >= 4 is 21.8 Å². The van der Waals surface area contributed by atoms with Gasteiger partial charge in [0.15, 0.2) is 0 Å². The molecule has 0 bridgehead atoms. The summed E-state index contributed by atoms with van der Waals surface area (Å²) in [4.78, 5) is 3.96. The molecule has 1 nitrogen and oxygen atoms in total. The quantitative estimate of drug-likeness (QED) is 0.286. The molecule has 0 fully saturated rings. The predicted octanol–water partition coefficient (Wildman–Crippen LogP) is 10.2. The monoisotopic (exact) mass is 467 g/mol. The van der Waals surface area contributed by atoms with Crippen molar-refractivity contribution in [1.29, 1.82) is 0 Å². The highest BCUT2D eigenvalue weighted by atomic mass is 14.7. The van der Waals surface area contributed by atoms with Crippen LogP contribution in [0.1, 0.15) is 105 Å². The van der Waals surface area contributed by atoms with Gasteiger partial charge in [-0.15, -0.1) is 0 Å². The predicted molar refractivity (Wildman–Crippen MR) is 156 cm³/mol. The van der Waals surface area contributed by atoms with Gasteiger partial charge in [0.25, 0.3) is 0 Å². The van der Waals surface area contributed by atoms with Gasteiger partial charge < -0.3 is 4.98 Å². The molecule has 3 aromatic carbocycles. The lowest BCUT2D eigenvalue weighted by Crippen LogP contribution is -2.29. The molecule has 0 atom stereocenters. The second kappa shape index (κ2) is 7.99. The van der Waals surface area contributed by atoms with E-state index in [2.05, 4.69) is 137 Å². The normalized spacial score (nSPS) is 13.7. The van der Waals surface area contributed by atoms with Gasteiger partial charge in [-0.3, -0.25) is 0 Å². The summed E-state index contributed by atoms with van der Waals surface area (Å²) in [5, 5.41) is 2.80. The summed E-state index contributed by atoms with van der Waals surface area (Å²) in [7, 11) is 0. The Labute approximate surface area is 213 Å². The van der Waals surface area contributed by atoms with Gasteiger partial charge in [-0.05, 0) is 55.5 Å². The molecule has 0 aliphatic rings. The van der Waals surface area contributed by atoms with E-state index in [9.17, 15) is 0 Å². The van der Waals surface area contributed by atoms with Gasteiger partial charge >= 0.3 is 0 Å². The summed E-state index contributed by atoms with van der Waals surface area (Å²) in [5.74, 6) is 0. The maximum absolute atomic E-state index is 3.96. The zero-order chi connectivity index (χ0) is 26.1. The van der Waals surface area contributed by atoms with E-state index < -0.39 is 0 Å². The molecule has 4 aromatic rings. The molecule has 35 heavy (non-hydrogen) atoms. The van der Waals surface area contributed by atoms with E-state index in [0.29, 0.717) is 0 Å². The van der Waals surface area contributed by atoms with Gasteiger partial charge in [-0.2, -0.15) is 0 Å².